The molecule has 0 amide bonds. The van der Waals surface area contributed by atoms with Crippen molar-refractivity contribution >= 4 is 22.8 Å². The minimum atomic E-state index is -0.487. The number of hydrogen-bond donors (Lipinski definition) is 1. The minimum absolute atomic E-state index is 0.0814. The summed E-state index contributed by atoms with van der Waals surface area (Å²) in [4.78, 5) is 14.5. The highest BCUT2D eigenvalue weighted by atomic mass is 16.6. The Hall–Kier alpha value is -2.55. The lowest BCUT2D eigenvalue weighted by Gasteiger charge is -2.08. The summed E-state index contributed by atoms with van der Waals surface area (Å²) in [6.07, 6.45) is 7.08. The number of nitrogens with zero attached hydrogens (tertiary/aromatic N) is 2. The summed E-state index contributed by atoms with van der Waals surface area (Å²) in [5.74, 6) is 2.59. The van der Waals surface area contributed by atoms with Gasteiger partial charge in [-0.15, -0.1) is 6.42 Å². The third-order valence-electron chi connectivity index (χ3n) is 2.67. The molecule has 2 aromatic rings. The van der Waals surface area contributed by atoms with Gasteiger partial charge in [0.1, 0.15) is 0 Å². The van der Waals surface area contributed by atoms with Crippen LogP contribution in [0.3, 0.4) is 0 Å². The first-order valence-corrected chi connectivity index (χ1v) is 5.92. The van der Waals surface area contributed by atoms with Gasteiger partial charge in [0.25, 0.3) is 11.7 Å². The van der Waals surface area contributed by atoms with Crippen molar-refractivity contribution in [3.8, 4) is 12.3 Å². The molecule has 1 heterocycles. The molecule has 0 saturated heterocycles. The van der Waals surface area contributed by atoms with Crippen LogP contribution in [-0.4, -0.2) is 15.9 Å². The van der Waals surface area contributed by atoms with Gasteiger partial charge in [0.2, 0.25) is 0 Å². The first kappa shape index (κ1) is 12.9. The van der Waals surface area contributed by atoms with Gasteiger partial charge in [-0.3, -0.25) is 10.1 Å². The summed E-state index contributed by atoms with van der Waals surface area (Å²) in [7, 11) is 0. The lowest BCUT2D eigenvalue weighted by Crippen LogP contribution is -2.16. The Bertz CT molecular complexity index is 642. The fraction of sp³-hybridized carbons (Fsp3) is 0.308. The van der Waals surface area contributed by atoms with E-state index >= 15 is 0 Å². The molecule has 1 unspecified atom stereocenters. The van der Waals surface area contributed by atoms with E-state index in [-0.39, 0.29) is 23.3 Å². The van der Waals surface area contributed by atoms with Crippen LogP contribution in [-0.2, 0) is 0 Å². The lowest BCUT2D eigenvalue weighted by molar-refractivity contribution is -0.383. The summed E-state index contributed by atoms with van der Waals surface area (Å²) < 4.78 is 5.42. The number of non-ortho nitro benzene ring substituents is 1. The van der Waals surface area contributed by atoms with Crippen molar-refractivity contribution in [3.63, 3.8) is 0 Å². The van der Waals surface area contributed by atoms with E-state index in [1.165, 1.54) is 6.07 Å². The average molecular weight is 259 g/mol. The maximum absolute atomic E-state index is 10.9. The van der Waals surface area contributed by atoms with E-state index in [9.17, 15) is 10.1 Å². The second-order valence-electron chi connectivity index (χ2n) is 4.05. The van der Waals surface area contributed by atoms with E-state index in [1.54, 1.807) is 12.1 Å². The molecule has 98 valence electrons. The van der Waals surface area contributed by atoms with Crippen molar-refractivity contribution in [2.24, 2.45) is 0 Å². The number of oxazole rings is 1. The van der Waals surface area contributed by atoms with Gasteiger partial charge in [0, 0.05) is 6.07 Å². The molecule has 6 heteroatoms. The number of anilines is 1. The number of rotatable bonds is 5. The van der Waals surface area contributed by atoms with Crippen molar-refractivity contribution in [1.29, 1.82) is 0 Å². The molecular formula is C13H13N3O3. The number of nitrogens with one attached hydrogen (secondary N) is 1. The predicted octanol–water partition coefficient (Wildman–Crippen LogP) is 2.95. The number of nitro groups is 1. The number of hydrogen-bond acceptors (Lipinski definition) is 5. The predicted molar refractivity (Wildman–Crippen MR) is 71.8 cm³/mol. The highest BCUT2D eigenvalue weighted by molar-refractivity contribution is 5.84. The Morgan fingerprint density at radius 3 is 3.05 bits per heavy atom. The molecule has 1 N–H and O–H groups in total. The molecule has 0 fully saturated rings. The van der Waals surface area contributed by atoms with Crippen LogP contribution in [0.4, 0.5) is 11.7 Å². The number of aromatic nitrogens is 1. The third kappa shape index (κ3) is 2.65. The molecule has 0 aliphatic carbocycles. The summed E-state index contributed by atoms with van der Waals surface area (Å²) in [5, 5.41) is 13.8. The van der Waals surface area contributed by atoms with Crippen LogP contribution in [0.5, 0.6) is 0 Å². The van der Waals surface area contributed by atoms with E-state index in [1.807, 2.05) is 6.92 Å². The molecule has 0 spiro atoms. The van der Waals surface area contributed by atoms with E-state index in [2.05, 4.69) is 16.2 Å². The summed E-state index contributed by atoms with van der Waals surface area (Å²) in [5.41, 5.74) is 0.508. The Balaban J connectivity index is 2.34. The molecule has 1 atom stereocenters. The van der Waals surface area contributed by atoms with Crippen LogP contribution < -0.4 is 5.32 Å². The van der Waals surface area contributed by atoms with Crippen molar-refractivity contribution in [3.05, 3.63) is 28.3 Å². The molecule has 0 radical (unpaired) electrons. The normalized spacial score (nSPS) is 12.0. The molecule has 1 aromatic heterocycles. The Labute approximate surface area is 110 Å². The smallest absolute Gasteiger partial charge is 0.298 e. The Morgan fingerprint density at radius 1 is 1.63 bits per heavy atom. The summed E-state index contributed by atoms with van der Waals surface area (Å²) >= 11 is 0. The van der Waals surface area contributed by atoms with Crippen LogP contribution >= 0.6 is 0 Å². The van der Waals surface area contributed by atoms with Crippen molar-refractivity contribution in [1.82, 2.24) is 4.98 Å². The van der Waals surface area contributed by atoms with Crippen molar-refractivity contribution < 1.29 is 9.34 Å². The summed E-state index contributed by atoms with van der Waals surface area (Å²) in [6, 6.07) is 4.59. The van der Waals surface area contributed by atoms with Crippen LogP contribution in [0.2, 0.25) is 0 Å². The zero-order valence-electron chi connectivity index (χ0n) is 10.4. The van der Waals surface area contributed by atoms with E-state index in [4.69, 9.17) is 10.8 Å². The fourth-order valence-corrected chi connectivity index (χ4v) is 1.78. The Morgan fingerprint density at radius 2 is 2.42 bits per heavy atom. The molecule has 0 aliphatic rings. The highest BCUT2D eigenvalue weighted by Gasteiger charge is 2.18. The quantitative estimate of drug-likeness (QED) is 0.507. The van der Waals surface area contributed by atoms with E-state index in [0.29, 0.717) is 5.58 Å². The maximum Gasteiger partial charge on any atom is 0.298 e. The number of fused-ring (bicyclic) bond motifs is 1. The highest BCUT2D eigenvalue weighted by Crippen LogP contribution is 2.27. The monoisotopic (exact) mass is 259 g/mol. The minimum Gasteiger partial charge on any atom is -0.423 e. The third-order valence-corrected chi connectivity index (χ3v) is 2.67. The number of nitro benzene ring substituents is 1. The van der Waals surface area contributed by atoms with Gasteiger partial charge >= 0.3 is 0 Å². The van der Waals surface area contributed by atoms with Gasteiger partial charge < -0.3 is 9.73 Å². The second-order valence-corrected chi connectivity index (χ2v) is 4.05. The molecule has 2 rings (SSSR count). The standard InChI is InChI=1S/C13H13N3O3/c1-3-6-9(4-2)14-13-15-12-10(16(17)18)7-5-8-11(12)19-13/h2,5,7-9H,3,6H2,1H3,(H,14,15). The molecule has 1 aromatic carbocycles. The maximum atomic E-state index is 10.9. The largest absolute Gasteiger partial charge is 0.423 e. The lowest BCUT2D eigenvalue weighted by atomic mass is 10.2. The first-order valence-electron chi connectivity index (χ1n) is 5.92. The van der Waals surface area contributed by atoms with Crippen molar-refractivity contribution in [2.75, 3.05) is 5.32 Å². The molecule has 19 heavy (non-hydrogen) atoms. The molecule has 0 aliphatic heterocycles. The van der Waals surface area contributed by atoms with Crippen LogP contribution in [0.15, 0.2) is 22.6 Å². The fourth-order valence-electron chi connectivity index (χ4n) is 1.78. The second kappa shape index (κ2) is 5.40. The summed E-state index contributed by atoms with van der Waals surface area (Å²) in [6.45, 7) is 2.02. The van der Waals surface area contributed by atoms with E-state index in [0.717, 1.165) is 12.8 Å². The van der Waals surface area contributed by atoms with Gasteiger partial charge in [0.05, 0.1) is 11.0 Å². The molecular weight excluding hydrogens is 246 g/mol. The zero-order chi connectivity index (χ0) is 13.8. The van der Waals surface area contributed by atoms with Gasteiger partial charge in [-0.25, -0.2) is 0 Å². The van der Waals surface area contributed by atoms with Gasteiger partial charge in [-0.1, -0.05) is 25.3 Å². The zero-order valence-corrected chi connectivity index (χ0v) is 10.4. The number of benzene rings is 1. The topological polar surface area (TPSA) is 81.2 Å². The van der Waals surface area contributed by atoms with Gasteiger partial charge in [0.15, 0.2) is 11.1 Å². The first-order chi connectivity index (χ1) is 9.15. The Kier molecular flexibility index (Phi) is 3.66. The van der Waals surface area contributed by atoms with Gasteiger partial charge in [-0.05, 0) is 12.5 Å². The van der Waals surface area contributed by atoms with E-state index < -0.39 is 4.92 Å². The van der Waals surface area contributed by atoms with Crippen LogP contribution in [0, 0.1) is 22.5 Å². The molecule has 6 nitrogen and oxygen atoms in total. The SMILES string of the molecule is C#CC(CCC)Nc1nc2c([N+](=O)[O-])cccc2o1. The van der Waals surface area contributed by atoms with Crippen molar-refractivity contribution in [2.45, 2.75) is 25.8 Å². The number of terminal acetylenes is 1. The van der Waals surface area contributed by atoms with Gasteiger partial charge in [-0.2, -0.15) is 4.98 Å². The number of para-hydroxylation sites is 1. The average Bonchev–Trinajstić information content (AvgIpc) is 2.79. The molecule has 0 saturated carbocycles. The van der Waals surface area contributed by atoms with Crippen LogP contribution in [0.25, 0.3) is 11.1 Å². The van der Waals surface area contributed by atoms with Crippen LogP contribution in [0.1, 0.15) is 19.8 Å². The molecule has 0 bridgehead atoms.